The van der Waals surface area contributed by atoms with Crippen LogP contribution in [0.3, 0.4) is 0 Å². The van der Waals surface area contributed by atoms with Crippen molar-refractivity contribution in [3.8, 4) is 0 Å². The summed E-state index contributed by atoms with van der Waals surface area (Å²) in [5.74, 6) is 0.00299. The molecule has 1 N–H and O–H groups in total. The Labute approximate surface area is 149 Å². The number of hydrogen-bond acceptors (Lipinski definition) is 6. The summed E-state index contributed by atoms with van der Waals surface area (Å²) in [5.41, 5.74) is 0.955. The molecule has 0 radical (unpaired) electrons. The molecule has 0 atom stereocenters. The molecule has 130 valence electrons. The minimum absolute atomic E-state index is 0.127. The number of rotatable bonds is 5. The minimum atomic E-state index is -0.347. The van der Waals surface area contributed by atoms with E-state index in [0.29, 0.717) is 28.9 Å². The number of benzene rings is 1. The van der Waals surface area contributed by atoms with Crippen LogP contribution in [0, 0.1) is 5.92 Å². The van der Waals surface area contributed by atoms with Crippen molar-refractivity contribution in [2.45, 2.75) is 33.1 Å². The first-order chi connectivity index (χ1) is 12.0. The summed E-state index contributed by atoms with van der Waals surface area (Å²) in [5, 5.41) is 17.7. The number of nitrogens with zero attached hydrogens (tertiary/aromatic N) is 4. The molecule has 0 saturated heterocycles. The second kappa shape index (κ2) is 7.52. The minimum Gasteiger partial charge on any atom is -0.295 e. The Morgan fingerprint density at radius 2 is 2.00 bits per heavy atom. The lowest BCUT2D eigenvalue weighted by Gasteiger charge is -2.22. The molecule has 1 aromatic carbocycles. The molecule has 0 saturated carbocycles. The first kappa shape index (κ1) is 17.2. The van der Waals surface area contributed by atoms with Crippen molar-refractivity contribution in [3.05, 3.63) is 35.3 Å². The van der Waals surface area contributed by atoms with Crippen LogP contribution < -0.4 is 10.3 Å². The Hall–Kier alpha value is -2.61. The highest BCUT2D eigenvalue weighted by atomic mass is 32.1. The number of carbonyl (C=O) groups is 2. The third-order valence-electron chi connectivity index (χ3n) is 3.57. The fourth-order valence-corrected chi connectivity index (χ4v) is 3.34. The van der Waals surface area contributed by atoms with Crippen molar-refractivity contribution < 1.29 is 9.59 Å². The summed E-state index contributed by atoms with van der Waals surface area (Å²) >= 11 is 1.36. The zero-order valence-electron chi connectivity index (χ0n) is 14.1. The molecule has 0 aliphatic carbocycles. The number of anilines is 2. The summed E-state index contributed by atoms with van der Waals surface area (Å²) in [6.45, 7) is 4.21. The smallest absolute Gasteiger partial charge is 0.273 e. The van der Waals surface area contributed by atoms with E-state index in [1.807, 2.05) is 18.2 Å². The molecule has 2 amide bonds. The van der Waals surface area contributed by atoms with E-state index in [4.69, 9.17) is 0 Å². The summed E-state index contributed by atoms with van der Waals surface area (Å²) in [6, 6.07) is 9.07. The van der Waals surface area contributed by atoms with E-state index in [9.17, 15) is 9.59 Å². The van der Waals surface area contributed by atoms with Gasteiger partial charge in [-0.05, 0) is 18.1 Å². The van der Waals surface area contributed by atoms with Gasteiger partial charge >= 0.3 is 0 Å². The highest BCUT2D eigenvalue weighted by Crippen LogP contribution is 2.21. The van der Waals surface area contributed by atoms with E-state index < -0.39 is 0 Å². The van der Waals surface area contributed by atoms with Crippen LogP contribution in [0.25, 0.3) is 0 Å². The van der Waals surface area contributed by atoms with Crippen molar-refractivity contribution in [2.75, 3.05) is 10.3 Å². The molecular weight excluding hydrogens is 338 g/mol. The van der Waals surface area contributed by atoms with Crippen molar-refractivity contribution in [2.24, 2.45) is 11.0 Å². The number of amides is 2. The normalized spacial score (nSPS) is 14.6. The number of aromatic nitrogens is 2. The summed E-state index contributed by atoms with van der Waals surface area (Å²) in [6.07, 6.45) is 1.38. The van der Waals surface area contributed by atoms with E-state index in [0.717, 1.165) is 11.4 Å². The molecule has 0 fully saturated rings. The van der Waals surface area contributed by atoms with Crippen LogP contribution in [-0.4, -0.2) is 27.7 Å². The molecule has 1 aliphatic heterocycles. The number of hydrogen-bond donors (Lipinski definition) is 1. The predicted octanol–water partition coefficient (Wildman–Crippen LogP) is 2.86. The Kier molecular flexibility index (Phi) is 5.18. The molecule has 25 heavy (non-hydrogen) atoms. The van der Waals surface area contributed by atoms with Gasteiger partial charge in [0.05, 0.1) is 5.69 Å². The SMILES string of the molecule is CC(C)Cc1nnc(NC(=O)C2=NN(c3ccccc3)C(=O)CC2)s1. The van der Waals surface area contributed by atoms with Crippen LogP contribution in [0.2, 0.25) is 0 Å². The molecule has 0 spiro atoms. The average Bonchev–Trinajstić information content (AvgIpc) is 3.02. The van der Waals surface area contributed by atoms with Crippen molar-refractivity contribution in [1.82, 2.24) is 10.2 Å². The second-order valence-electron chi connectivity index (χ2n) is 6.14. The fourth-order valence-electron chi connectivity index (χ4n) is 2.39. The van der Waals surface area contributed by atoms with Crippen LogP contribution in [-0.2, 0) is 16.0 Å². The zero-order chi connectivity index (χ0) is 17.8. The van der Waals surface area contributed by atoms with Gasteiger partial charge in [0.1, 0.15) is 10.7 Å². The Balaban J connectivity index is 1.73. The summed E-state index contributed by atoms with van der Waals surface area (Å²) < 4.78 is 0. The highest BCUT2D eigenvalue weighted by molar-refractivity contribution is 7.15. The van der Waals surface area contributed by atoms with Crippen LogP contribution in [0.15, 0.2) is 35.4 Å². The number of para-hydroxylation sites is 1. The molecule has 1 aliphatic rings. The molecule has 3 rings (SSSR count). The van der Waals surface area contributed by atoms with Gasteiger partial charge in [0.25, 0.3) is 5.91 Å². The van der Waals surface area contributed by atoms with Crippen LogP contribution in [0.5, 0.6) is 0 Å². The van der Waals surface area contributed by atoms with Gasteiger partial charge in [0.2, 0.25) is 11.0 Å². The monoisotopic (exact) mass is 357 g/mol. The van der Waals surface area contributed by atoms with Gasteiger partial charge in [-0.1, -0.05) is 43.4 Å². The lowest BCUT2D eigenvalue weighted by Crippen LogP contribution is -2.36. The average molecular weight is 357 g/mol. The number of hydrazone groups is 1. The van der Waals surface area contributed by atoms with E-state index >= 15 is 0 Å². The third kappa shape index (κ3) is 4.27. The molecular formula is C17H19N5O2S. The molecule has 7 nitrogen and oxygen atoms in total. The van der Waals surface area contributed by atoms with Crippen LogP contribution in [0.1, 0.15) is 31.7 Å². The van der Waals surface area contributed by atoms with Gasteiger partial charge in [-0.2, -0.15) is 5.10 Å². The maximum Gasteiger partial charge on any atom is 0.273 e. The molecule has 8 heteroatoms. The van der Waals surface area contributed by atoms with E-state index in [2.05, 4.69) is 34.5 Å². The maximum absolute atomic E-state index is 12.4. The maximum atomic E-state index is 12.4. The highest BCUT2D eigenvalue weighted by Gasteiger charge is 2.26. The summed E-state index contributed by atoms with van der Waals surface area (Å²) in [4.78, 5) is 24.5. The van der Waals surface area contributed by atoms with E-state index in [-0.39, 0.29) is 18.2 Å². The Bertz CT molecular complexity index is 800. The Morgan fingerprint density at radius 3 is 2.72 bits per heavy atom. The first-order valence-electron chi connectivity index (χ1n) is 8.12. The lowest BCUT2D eigenvalue weighted by atomic mass is 10.1. The standard InChI is InChI=1S/C17H19N5O2S/c1-11(2)10-14-19-20-17(25-14)18-16(24)13-8-9-15(23)22(21-13)12-6-4-3-5-7-12/h3-7,11H,8-10H2,1-2H3,(H,18,20,24). The predicted molar refractivity (Wildman–Crippen MR) is 97.7 cm³/mol. The van der Waals surface area contributed by atoms with Gasteiger partial charge in [-0.15, -0.1) is 10.2 Å². The van der Waals surface area contributed by atoms with Crippen LogP contribution in [0.4, 0.5) is 10.8 Å². The lowest BCUT2D eigenvalue weighted by molar-refractivity contribution is -0.118. The Morgan fingerprint density at radius 1 is 1.24 bits per heavy atom. The quantitative estimate of drug-likeness (QED) is 0.891. The molecule has 2 heterocycles. The number of carbonyl (C=O) groups excluding carboxylic acids is 2. The summed E-state index contributed by atoms with van der Waals surface area (Å²) in [7, 11) is 0. The molecule has 2 aromatic rings. The molecule has 0 bridgehead atoms. The van der Waals surface area contributed by atoms with Crippen molar-refractivity contribution >= 4 is 39.7 Å². The van der Waals surface area contributed by atoms with Crippen LogP contribution >= 0.6 is 11.3 Å². The number of nitrogens with one attached hydrogen (secondary N) is 1. The van der Waals surface area contributed by atoms with Crippen molar-refractivity contribution in [3.63, 3.8) is 0 Å². The van der Waals surface area contributed by atoms with Crippen molar-refractivity contribution in [1.29, 1.82) is 0 Å². The van der Waals surface area contributed by atoms with Gasteiger partial charge < -0.3 is 0 Å². The first-order valence-corrected chi connectivity index (χ1v) is 8.94. The molecule has 0 unspecified atom stereocenters. The second-order valence-corrected chi connectivity index (χ2v) is 7.20. The molecule has 1 aromatic heterocycles. The van der Waals surface area contributed by atoms with Gasteiger partial charge in [0.15, 0.2) is 0 Å². The zero-order valence-corrected chi connectivity index (χ0v) is 14.9. The van der Waals surface area contributed by atoms with E-state index in [1.54, 1.807) is 12.1 Å². The van der Waals surface area contributed by atoms with E-state index in [1.165, 1.54) is 16.3 Å². The van der Waals surface area contributed by atoms with Gasteiger partial charge in [-0.3, -0.25) is 14.9 Å². The fraction of sp³-hybridized carbons (Fsp3) is 0.353. The van der Waals surface area contributed by atoms with Gasteiger partial charge in [0, 0.05) is 19.3 Å². The van der Waals surface area contributed by atoms with Gasteiger partial charge in [-0.25, -0.2) is 5.01 Å². The third-order valence-corrected chi connectivity index (χ3v) is 4.43. The topological polar surface area (TPSA) is 87.6 Å². The largest absolute Gasteiger partial charge is 0.295 e.